The van der Waals surface area contributed by atoms with Crippen molar-refractivity contribution in [2.75, 3.05) is 13.1 Å². The molecule has 0 aliphatic carbocycles. The molecular weight excluding hydrogens is 242 g/mol. The number of hydrogen-bond acceptors (Lipinski definition) is 3. The lowest BCUT2D eigenvalue weighted by atomic mass is 9.91. The van der Waals surface area contributed by atoms with Crippen LogP contribution in [-0.2, 0) is 11.3 Å². The van der Waals surface area contributed by atoms with Gasteiger partial charge >= 0.3 is 6.09 Å². The van der Waals surface area contributed by atoms with Crippen molar-refractivity contribution in [2.45, 2.75) is 38.4 Å². The van der Waals surface area contributed by atoms with E-state index in [4.69, 9.17) is 4.74 Å². The first-order valence-electron chi connectivity index (χ1n) is 6.81. The molecule has 2 rings (SSSR count). The molecule has 0 saturated carbocycles. The second-order valence-electron chi connectivity index (χ2n) is 5.14. The van der Waals surface area contributed by atoms with E-state index >= 15 is 0 Å². The van der Waals surface area contributed by atoms with Gasteiger partial charge in [-0.25, -0.2) is 4.79 Å². The van der Waals surface area contributed by atoms with E-state index in [1.165, 1.54) is 0 Å². The molecule has 4 nitrogen and oxygen atoms in total. The summed E-state index contributed by atoms with van der Waals surface area (Å²) in [7, 11) is 0. The van der Waals surface area contributed by atoms with Crippen molar-refractivity contribution < 1.29 is 14.6 Å². The number of hydrogen-bond donors (Lipinski definition) is 1. The summed E-state index contributed by atoms with van der Waals surface area (Å²) < 4.78 is 5.28. The second-order valence-corrected chi connectivity index (χ2v) is 5.14. The summed E-state index contributed by atoms with van der Waals surface area (Å²) in [6.45, 7) is 3.26. The van der Waals surface area contributed by atoms with Gasteiger partial charge in [-0.2, -0.15) is 0 Å². The molecule has 1 amide bonds. The van der Waals surface area contributed by atoms with E-state index in [0.29, 0.717) is 19.5 Å². The van der Waals surface area contributed by atoms with Crippen LogP contribution in [0.15, 0.2) is 30.3 Å². The number of carbonyl (C=O) groups is 1. The van der Waals surface area contributed by atoms with Gasteiger partial charge in [-0.15, -0.1) is 0 Å². The van der Waals surface area contributed by atoms with Gasteiger partial charge in [-0.3, -0.25) is 0 Å². The van der Waals surface area contributed by atoms with Crippen molar-refractivity contribution in [3.8, 4) is 0 Å². The summed E-state index contributed by atoms with van der Waals surface area (Å²) in [5, 5.41) is 10.2. The number of carbonyl (C=O) groups excluding carboxylic acids is 1. The van der Waals surface area contributed by atoms with Crippen LogP contribution in [0.2, 0.25) is 0 Å². The number of aliphatic hydroxyl groups is 1. The van der Waals surface area contributed by atoms with Gasteiger partial charge in [-0.05, 0) is 24.8 Å². The van der Waals surface area contributed by atoms with Crippen molar-refractivity contribution >= 4 is 6.09 Å². The highest BCUT2D eigenvalue weighted by atomic mass is 16.6. The minimum atomic E-state index is -0.746. The highest BCUT2D eigenvalue weighted by Gasteiger charge is 2.34. The summed E-state index contributed by atoms with van der Waals surface area (Å²) in [4.78, 5) is 13.6. The number of benzene rings is 1. The molecule has 0 aromatic heterocycles. The van der Waals surface area contributed by atoms with E-state index in [2.05, 4.69) is 0 Å². The van der Waals surface area contributed by atoms with E-state index in [1.807, 2.05) is 37.3 Å². The Morgan fingerprint density at radius 3 is 2.84 bits per heavy atom. The van der Waals surface area contributed by atoms with Gasteiger partial charge in [0.25, 0.3) is 0 Å². The Morgan fingerprint density at radius 2 is 2.16 bits per heavy atom. The maximum atomic E-state index is 12.0. The molecule has 1 heterocycles. The average Bonchev–Trinajstić information content (AvgIpc) is 2.46. The standard InChI is InChI=1S/C15H21NO3/c1-2-15(18)9-6-10-16(12-15)14(17)19-11-13-7-4-3-5-8-13/h3-5,7-8,18H,2,6,9-12H2,1H3. The molecule has 1 saturated heterocycles. The highest BCUT2D eigenvalue weighted by Crippen LogP contribution is 2.24. The molecule has 1 fully saturated rings. The molecule has 0 bridgehead atoms. The molecule has 1 aromatic carbocycles. The third kappa shape index (κ3) is 3.70. The first-order chi connectivity index (χ1) is 9.13. The van der Waals surface area contributed by atoms with Crippen molar-refractivity contribution in [3.05, 3.63) is 35.9 Å². The Morgan fingerprint density at radius 1 is 1.42 bits per heavy atom. The minimum absolute atomic E-state index is 0.278. The number of rotatable bonds is 3. The van der Waals surface area contributed by atoms with Crippen LogP contribution in [-0.4, -0.2) is 34.8 Å². The van der Waals surface area contributed by atoms with Gasteiger partial charge in [0.1, 0.15) is 6.61 Å². The molecule has 1 atom stereocenters. The monoisotopic (exact) mass is 263 g/mol. The number of amides is 1. The average molecular weight is 263 g/mol. The second kappa shape index (κ2) is 6.06. The summed E-state index contributed by atoms with van der Waals surface area (Å²) in [6.07, 6.45) is 1.90. The van der Waals surface area contributed by atoms with Gasteiger partial charge in [0.15, 0.2) is 0 Å². The van der Waals surface area contributed by atoms with Crippen LogP contribution in [0, 0.1) is 0 Å². The van der Waals surface area contributed by atoms with Gasteiger partial charge in [-0.1, -0.05) is 37.3 Å². The molecule has 1 aromatic rings. The normalized spacial score (nSPS) is 23.2. The number of piperidine rings is 1. The molecule has 4 heteroatoms. The molecule has 0 radical (unpaired) electrons. The fourth-order valence-corrected chi connectivity index (χ4v) is 2.37. The Hall–Kier alpha value is -1.55. The molecule has 0 spiro atoms. The summed E-state index contributed by atoms with van der Waals surface area (Å²) in [6, 6.07) is 9.61. The summed E-state index contributed by atoms with van der Waals surface area (Å²) >= 11 is 0. The smallest absolute Gasteiger partial charge is 0.410 e. The fourth-order valence-electron chi connectivity index (χ4n) is 2.37. The van der Waals surface area contributed by atoms with Crippen molar-refractivity contribution in [3.63, 3.8) is 0 Å². The molecule has 19 heavy (non-hydrogen) atoms. The van der Waals surface area contributed by atoms with E-state index in [1.54, 1.807) is 4.90 Å². The molecule has 1 aliphatic heterocycles. The topological polar surface area (TPSA) is 49.8 Å². The number of β-amino-alcohol motifs (C(OH)–C–C–N with tert-alkyl or cyclic N) is 1. The van der Waals surface area contributed by atoms with Crippen LogP contribution in [0.25, 0.3) is 0 Å². The van der Waals surface area contributed by atoms with E-state index < -0.39 is 5.60 Å². The maximum Gasteiger partial charge on any atom is 0.410 e. The van der Waals surface area contributed by atoms with Crippen molar-refractivity contribution in [2.24, 2.45) is 0 Å². The highest BCUT2D eigenvalue weighted by molar-refractivity contribution is 5.67. The van der Waals surface area contributed by atoms with Crippen LogP contribution in [0.5, 0.6) is 0 Å². The lowest BCUT2D eigenvalue weighted by Crippen LogP contribution is -2.50. The first kappa shape index (κ1) is 13.9. The zero-order valence-corrected chi connectivity index (χ0v) is 11.3. The van der Waals surface area contributed by atoms with Gasteiger partial charge < -0.3 is 14.7 Å². The van der Waals surface area contributed by atoms with Crippen molar-refractivity contribution in [1.82, 2.24) is 4.90 Å². The van der Waals surface area contributed by atoms with Gasteiger partial charge in [0.2, 0.25) is 0 Å². The lowest BCUT2D eigenvalue weighted by Gasteiger charge is -2.38. The van der Waals surface area contributed by atoms with Gasteiger partial charge in [0.05, 0.1) is 12.1 Å². The molecule has 104 valence electrons. The van der Waals surface area contributed by atoms with Gasteiger partial charge in [0, 0.05) is 6.54 Å². The summed E-state index contributed by atoms with van der Waals surface area (Å²) in [5.41, 5.74) is 0.225. The van der Waals surface area contributed by atoms with E-state index in [9.17, 15) is 9.90 Å². The molecule has 1 N–H and O–H groups in total. The fraction of sp³-hybridized carbons (Fsp3) is 0.533. The summed E-state index contributed by atoms with van der Waals surface area (Å²) in [5.74, 6) is 0. The van der Waals surface area contributed by atoms with Crippen LogP contribution in [0.4, 0.5) is 4.79 Å². The Balaban J connectivity index is 1.86. The van der Waals surface area contributed by atoms with Crippen LogP contribution in [0.1, 0.15) is 31.7 Å². The molecule has 1 aliphatic rings. The Bertz CT molecular complexity index is 421. The third-order valence-electron chi connectivity index (χ3n) is 3.68. The zero-order chi connectivity index (χ0) is 13.7. The Labute approximate surface area is 114 Å². The largest absolute Gasteiger partial charge is 0.445 e. The molecule has 1 unspecified atom stereocenters. The van der Waals surface area contributed by atoms with Crippen LogP contribution < -0.4 is 0 Å². The number of nitrogens with zero attached hydrogens (tertiary/aromatic N) is 1. The predicted molar refractivity (Wildman–Crippen MR) is 72.7 cm³/mol. The van der Waals surface area contributed by atoms with E-state index in [0.717, 1.165) is 18.4 Å². The SMILES string of the molecule is CCC1(O)CCCN(C(=O)OCc2ccccc2)C1. The Kier molecular flexibility index (Phi) is 4.43. The van der Waals surface area contributed by atoms with Crippen LogP contribution in [0.3, 0.4) is 0 Å². The van der Waals surface area contributed by atoms with E-state index in [-0.39, 0.29) is 12.7 Å². The lowest BCUT2D eigenvalue weighted by molar-refractivity contribution is -0.0328. The predicted octanol–water partition coefficient (Wildman–Crippen LogP) is 2.56. The maximum absolute atomic E-state index is 12.0. The quantitative estimate of drug-likeness (QED) is 0.911. The third-order valence-corrected chi connectivity index (χ3v) is 3.68. The number of likely N-dealkylation sites (tertiary alicyclic amines) is 1. The van der Waals surface area contributed by atoms with Crippen molar-refractivity contribution in [1.29, 1.82) is 0 Å². The first-order valence-corrected chi connectivity index (χ1v) is 6.81. The number of ether oxygens (including phenoxy) is 1. The minimum Gasteiger partial charge on any atom is -0.445 e. The zero-order valence-electron chi connectivity index (χ0n) is 11.3. The molecular formula is C15H21NO3. The van der Waals surface area contributed by atoms with Crippen LogP contribution >= 0.6 is 0 Å².